The normalized spacial score (nSPS) is 31.6. The Kier molecular flexibility index (Phi) is 13.4. The molecule has 0 saturated heterocycles. The molecule has 2 saturated carbocycles. The van der Waals surface area contributed by atoms with Crippen LogP contribution in [0.5, 0.6) is 0 Å². The average molecular weight is 737 g/mol. The van der Waals surface area contributed by atoms with Gasteiger partial charge in [0.25, 0.3) is 0 Å². The molecule has 8 atom stereocenters. The molecule has 2 aliphatic heterocycles. The van der Waals surface area contributed by atoms with Crippen LogP contribution < -0.4 is 0 Å². The Morgan fingerprint density at radius 3 is 1.57 bits per heavy atom. The number of rotatable bonds is 5. The van der Waals surface area contributed by atoms with Crippen molar-refractivity contribution in [3.63, 3.8) is 0 Å². The molecule has 2 fully saturated rings. The molecule has 2 aromatic carbocycles. The van der Waals surface area contributed by atoms with Crippen LogP contribution in [0.1, 0.15) is 58.6 Å². The fraction of sp³-hybridized carbons (Fsp3) is 0.500. The van der Waals surface area contributed by atoms with Gasteiger partial charge < -0.3 is 14.9 Å². The van der Waals surface area contributed by atoms with Crippen LogP contribution in [-0.4, -0.2) is 18.6 Å². The van der Waals surface area contributed by atoms with E-state index in [0.29, 0.717) is 0 Å². The van der Waals surface area contributed by atoms with Crippen molar-refractivity contribution >= 4 is 59.8 Å². The van der Waals surface area contributed by atoms with Crippen LogP contribution in [0.15, 0.2) is 70.5 Å². The maximum absolute atomic E-state index is 4.93. The number of halogens is 2. The first-order valence-electron chi connectivity index (χ1n) is 14.9. The fourth-order valence-corrected chi connectivity index (χ4v) is 20.9. The van der Waals surface area contributed by atoms with E-state index in [1.165, 1.54) is 24.0 Å². The van der Waals surface area contributed by atoms with E-state index in [1.54, 1.807) is 21.0 Å². The topological polar surface area (TPSA) is 0 Å². The van der Waals surface area contributed by atoms with Crippen molar-refractivity contribution in [3.8, 4) is 0 Å². The summed E-state index contributed by atoms with van der Waals surface area (Å²) >= 11 is 3.72. The van der Waals surface area contributed by atoms with E-state index in [2.05, 4.69) is 132 Å². The number of thioether (sulfide) groups is 2. The first-order chi connectivity index (χ1) is 19.1. The Labute approximate surface area is 286 Å². The van der Waals surface area contributed by atoms with Crippen molar-refractivity contribution in [1.29, 1.82) is 0 Å². The molecule has 2 heterocycles. The second-order valence-corrected chi connectivity index (χ2v) is 24.8. The van der Waals surface area contributed by atoms with Crippen LogP contribution >= 0.6 is 40.5 Å². The molecule has 0 N–H and O–H groups in total. The molecular formula is C36H50Cl2S2SiZr. The molecule has 0 bridgehead atoms. The van der Waals surface area contributed by atoms with Gasteiger partial charge in [0, 0.05) is 10.5 Å². The second-order valence-electron chi connectivity index (χ2n) is 13.4. The van der Waals surface area contributed by atoms with E-state index >= 15 is 0 Å². The summed E-state index contributed by atoms with van der Waals surface area (Å²) in [7, 11) is 8.25. The molecule has 0 amide bonds. The summed E-state index contributed by atoms with van der Waals surface area (Å²) in [5, 5.41) is 1.57. The first-order valence-corrected chi connectivity index (χ1v) is 26.2. The van der Waals surface area contributed by atoms with Gasteiger partial charge >= 0.3 is 37.9 Å². The molecular weight excluding hydrogens is 687 g/mol. The van der Waals surface area contributed by atoms with E-state index in [-0.39, 0.29) is 14.9 Å². The van der Waals surface area contributed by atoms with Crippen LogP contribution in [0.4, 0.5) is 0 Å². The third-order valence-corrected chi connectivity index (χ3v) is 19.2. The minimum atomic E-state index is -1.61. The molecule has 0 nitrogen and oxygen atoms in total. The van der Waals surface area contributed by atoms with E-state index in [0.717, 1.165) is 51.2 Å². The zero-order chi connectivity index (χ0) is 28.8. The second kappa shape index (κ2) is 15.3. The Morgan fingerprint density at radius 2 is 1.14 bits per heavy atom. The van der Waals surface area contributed by atoms with Crippen molar-refractivity contribution in [1.82, 2.24) is 0 Å². The van der Waals surface area contributed by atoms with Gasteiger partial charge in [0.1, 0.15) is 0 Å². The number of hydrogen-bond donors (Lipinski definition) is 0. The molecule has 6 rings (SSSR count). The van der Waals surface area contributed by atoms with Gasteiger partial charge in [-0.2, -0.15) is 0 Å². The number of hydrogen-bond acceptors (Lipinski definition) is 2. The third-order valence-electron chi connectivity index (χ3n) is 10.6. The first kappa shape index (κ1) is 36.8. The predicted molar refractivity (Wildman–Crippen MR) is 194 cm³/mol. The number of allylic oxidation sites excluding steroid dienone is 4. The standard InChI is InChI=1S/C34H44S2Si.2CH3.2ClH.Zr/c1-20(2)26-19-28-30(25-16-12-9-13-17-25)23(5)36-32(28)34(26)37(6,7)33-21(3)18-27-29(22(4)35-31(27)33)24-14-10-8-11-15-24;;;;;/h8-17,20-21,26-28,31-34H,18-19H2,1-7H3;2*1H3;2*1H;/q;2*-1;;;+4/p-2. The molecule has 8 unspecified atom stereocenters. The SMILES string of the molecule is CC1=C(c2ccccc2)C2CC(C)C([Si](C)(C)C3C(C(C)C)CC4C(c5ccccc5)=C(C)SC43)C2S1.[CH3-].[CH3-].[Cl][Zr+2][Cl]. The number of benzene rings is 2. The Balaban J connectivity index is 0.000000930. The molecule has 2 aromatic rings. The van der Waals surface area contributed by atoms with Crippen LogP contribution in [-0.2, 0) is 20.8 Å². The summed E-state index contributed by atoms with van der Waals surface area (Å²) in [6.45, 7) is 18.2. The Hall–Kier alpha value is 0.300. The quantitative estimate of drug-likeness (QED) is 0.221. The van der Waals surface area contributed by atoms with Crippen LogP contribution in [0.2, 0.25) is 24.2 Å². The average Bonchev–Trinajstić information content (AvgIpc) is 3.61. The molecule has 4 aliphatic rings. The van der Waals surface area contributed by atoms with Crippen LogP contribution in [0.25, 0.3) is 11.1 Å². The Morgan fingerprint density at radius 1 is 0.738 bits per heavy atom. The summed E-state index contributed by atoms with van der Waals surface area (Å²) in [5.74, 6) is 3.93. The van der Waals surface area contributed by atoms with E-state index in [9.17, 15) is 0 Å². The molecule has 2 aliphatic carbocycles. The number of fused-ring (bicyclic) bond motifs is 2. The van der Waals surface area contributed by atoms with Gasteiger partial charge in [-0.05, 0) is 99.4 Å². The fourth-order valence-electron chi connectivity index (χ4n) is 9.37. The molecule has 0 aromatic heterocycles. The molecule has 0 spiro atoms. The third kappa shape index (κ3) is 6.71. The van der Waals surface area contributed by atoms with Gasteiger partial charge in [-0.1, -0.05) is 94.5 Å². The summed E-state index contributed by atoms with van der Waals surface area (Å²) in [4.78, 5) is 3.21. The monoisotopic (exact) mass is 734 g/mol. The molecule has 228 valence electrons. The van der Waals surface area contributed by atoms with E-state index < -0.39 is 28.9 Å². The van der Waals surface area contributed by atoms with E-state index in [1.807, 2.05) is 0 Å². The maximum atomic E-state index is 4.93. The van der Waals surface area contributed by atoms with Crippen molar-refractivity contribution in [2.45, 2.75) is 82.1 Å². The van der Waals surface area contributed by atoms with Crippen LogP contribution in [0, 0.1) is 44.4 Å². The molecule has 0 radical (unpaired) electrons. The predicted octanol–water partition coefficient (Wildman–Crippen LogP) is 12.8. The van der Waals surface area contributed by atoms with Gasteiger partial charge in [0.15, 0.2) is 0 Å². The van der Waals surface area contributed by atoms with Gasteiger partial charge in [0.2, 0.25) is 0 Å². The van der Waals surface area contributed by atoms with Crippen molar-refractivity contribution in [3.05, 3.63) is 96.5 Å². The summed E-state index contributed by atoms with van der Waals surface area (Å²) in [6.07, 6.45) is 2.78. The van der Waals surface area contributed by atoms with Gasteiger partial charge in [0.05, 0.1) is 8.07 Å². The summed E-state index contributed by atoms with van der Waals surface area (Å²) in [6, 6.07) is 22.7. The van der Waals surface area contributed by atoms with Crippen LogP contribution in [0.3, 0.4) is 0 Å². The molecule has 6 heteroatoms. The Bertz CT molecular complexity index is 1250. The van der Waals surface area contributed by atoms with Gasteiger partial charge in [-0.15, -0.1) is 23.5 Å². The summed E-state index contributed by atoms with van der Waals surface area (Å²) < 4.78 is 0. The van der Waals surface area contributed by atoms with Crippen molar-refractivity contribution < 1.29 is 20.8 Å². The van der Waals surface area contributed by atoms with E-state index in [4.69, 9.17) is 17.0 Å². The zero-order valence-electron chi connectivity index (χ0n) is 27.0. The summed E-state index contributed by atoms with van der Waals surface area (Å²) in [5.41, 5.74) is 8.11. The van der Waals surface area contributed by atoms with Crippen molar-refractivity contribution in [2.75, 3.05) is 0 Å². The minimum absolute atomic E-state index is 0. The zero-order valence-corrected chi connectivity index (χ0v) is 33.6. The van der Waals surface area contributed by atoms with Gasteiger partial charge in [-0.3, -0.25) is 0 Å². The van der Waals surface area contributed by atoms with Gasteiger partial charge in [-0.25, -0.2) is 0 Å². The molecule has 42 heavy (non-hydrogen) atoms. The van der Waals surface area contributed by atoms with Crippen molar-refractivity contribution in [2.24, 2.45) is 29.6 Å².